The lowest BCUT2D eigenvalue weighted by molar-refractivity contribution is -0.384. The predicted octanol–water partition coefficient (Wildman–Crippen LogP) is 3.01. The minimum Gasteiger partial charge on any atom is -0.345 e. The van der Waals surface area contributed by atoms with Gasteiger partial charge in [-0.1, -0.05) is 30.3 Å². The number of nitro benzene ring substituents is 1. The first kappa shape index (κ1) is 13.3. The number of amides is 1. The Balaban J connectivity index is 1.79. The van der Waals surface area contributed by atoms with Gasteiger partial charge in [0.1, 0.15) is 0 Å². The van der Waals surface area contributed by atoms with E-state index in [4.69, 9.17) is 0 Å². The van der Waals surface area contributed by atoms with E-state index in [1.165, 1.54) is 23.8 Å². The van der Waals surface area contributed by atoms with Crippen LogP contribution in [0.25, 0.3) is 0 Å². The van der Waals surface area contributed by atoms with Crippen molar-refractivity contribution < 1.29 is 9.72 Å². The maximum atomic E-state index is 12.3. The van der Waals surface area contributed by atoms with E-state index >= 15 is 0 Å². The van der Waals surface area contributed by atoms with Crippen LogP contribution < -0.4 is 5.32 Å². The molecule has 21 heavy (non-hydrogen) atoms. The number of aryl methyl sites for hydroxylation is 1. The molecule has 0 heterocycles. The van der Waals surface area contributed by atoms with Crippen molar-refractivity contribution in [2.45, 2.75) is 18.9 Å². The molecule has 0 bridgehead atoms. The molecule has 0 unspecified atom stereocenters. The fourth-order valence-electron chi connectivity index (χ4n) is 2.71. The Morgan fingerprint density at radius 2 is 2.00 bits per heavy atom. The number of nitrogens with one attached hydrogen (secondary N) is 1. The maximum absolute atomic E-state index is 12.3. The summed E-state index contributed by atoms with van der Waals surface area (Å²) in [5, 5.41) is 13.7. The first-order chi connectivity index (χ1) is 10.1. The quantitative estimate of drug-likeness (QED) is 0.694. The summed E-state index contributed by atoms with van der Waals surface area (Å²) in [6.45, 7) is 0. The van der Waals surface area contributed by atoms with Crippen molar-refractivity contribution in [2.75, 3.05) is 0 Å². The van der Waals surface area contributed by atoms with Gasteiger partial charge in [-0.05, 0) is 30.0 Å². The second-order valence-electron chi connectivity index (χ2n) is 5.07. The van der Waals surface area contributed by atoms with Crippen LogP contribution in [0, 0.1) is 10.1 Å². The minimum atomic E-state index is -0.498. The lowest BCUT2D eigenvalue weighted by Crippen LogP contribution is -2.27. The Kier molecular flexibility index (Phi) is 3.39. The lowest BCUT2D eigenvalue weighted by atomic mass is 10.1. The Labute approximate surface area is 121 Å². The van der Waals surface area contributed by atoms with Crippen molar-refractivity contribution in [2.24, 2.45) is 0 Å². The van der Waals surface area contributed by atoms with E-state index in [1.54, 1.807) is 6.07 Å². The molecule has 0 aliphatic heterocycles. The van der Waals surface area contributed by atoms with E-state index in [-0.39, 0.29) is 17.6 Å². The van der Waals surface area contributed by atoms with Crippen LogP contribution >= 0.6 is 0 Å². The Bertz CT molecular complexity index is 712. The fourth-order valence-corrected chi connectivity index (χ4v) is 2.71. The second-order valence-corrected chi connectivity index (χ2v) is 5.07. The molecule has 1 aliphatic carbocycles. The predicted molar refractivity (Wildman–Crippen MR) is 78.1 cm³/mol. The summed E-state index contributed by atoms with van der Waals surface area (Å²) in [6.07, 6.45) is 1.80. The summed E-state index contributed by atoms with van der Waals surface area (Å²) >= 11 is 0. The van der Waals surface area contributed by atoms with E-state index in [0.717, 1.165) is 18.4 Å². The average molecular weight is 282 g/mol. The molecule has 5 heteroatoms. The van der Waals surface area contributed by atoms with Gasteiger partial charge in [-0.15, -0.1) is 0 Å². The number of fused-ring (bicyclic) bond motifs is 1. The molecule has 0 radical (unpaired) electrons. The topological polar surface area (TPSA) is 72.2 Å². The number of nitro groups is 1. The zero-order chi connectivity index (χ0) is 14.8. The van der Waals surface area contributed by atoms with Crippen LogP contribution in [0.1, 0.15) is 33.9 Å². The van der Waals surface area contributed by atoms with Crippen molar-refractivity contribution in [1.29, 1.82) is 0 Å². The van der Waals surface area contributed by atoms with Crippen LogP contribution in [-0.4, -0.2) is 10.8 Å². The van der Waals surface area contributed by atoms with Crippen molar-refractivity contribution in [3.8, 4) is 0 Å². The van der Waals surface area contributed by atoms with Crippen molar-refractivity contribution in [3.63, 3.8) is 0 Å². The minimum absolute atomic E-state index is 0.0204. The lowest BCUT2D eigenvalue weighted by Gasteiger charge is -2.14. The summed E-state index contributed by atoms with van der Waals surface area (Å²) in [4.78, 5) is 22.5. The van der Waals surface area contributed by atoms with Crippen LogP contribution in [-0.2, 0) is 6.42 Å². The molecule has 1 amide bonds. The van der Waals surface area contributed by atoms with Crippen molar-refractivity contribution in [3.05, 3.63) is 75.3 Å². The highest BCUT2D eigenvalue weighted by Crippen LogP contribution is 2.31. The summed E-state index contributed by atoms with van der Waals surface area (Å²) < 4.78 is 0. The van der Waals surface area contributed by atoms with E-state index < -0.39 is 4.92 Å². The number of hydrogen-bond donors (Lipinski definition) is 1. The number of non-ortho nitro benzene ring substituents is 1. The van der Waals surface area contributed by atoms with Crippen LogP contribution in [0.3, 0.4) is 0 Å². The normalized spacial score (nSPS) is 16.3. The third kappa shape index (κ3) is 2.63. The molecule has 1 atom stereocenters. The van der Waals surface area contributed by atoms with E-state index in [1.807, 2.05) is 18.2 Å². The summed E-state index contributed by atoms with van der Waals surface area (Å²) in [5.41, 5.74) is 2.63. The summed E-state index contributed by atoms with van der Waals surface area (Å²) in [6, 6.07) is 13.8. The number of carbonyl (C=O) groups excluding carboxylic acids is 1. The van der Waals surface area contributed by atoms with Gasteiger partial charge in [-0.25, -0.2) is 0 Å². The highest BCUT2D eigenvalue weighted by Gasteiger charge is 2.24. The molecule has 2 aromatic rings. The average Bonchev–Trinajstić information content (AvgIpc) is 2.91. The number of rotatable bonds is 3. The van der Waals surface area contributed by atoms with Gasteiger partial charge in [-0.2, -0.15) is 0 Å². The smallest absolute Gasteiger partial charge is 0.270 e. The van der Waals surface area contributed by atoms with Gasteiger partial charge < -0.3 is 5.32 Å². The van der Waals surface area contributed by atoms with Gasteiger partial charge in [0, 0.05) is 17.7 Å². The molecule has 0 saturated carbocycles. The van der Waals surface area contributed by atoms with Gasteiger partial charge in [-0.3, -0.25) is 14.9 Å². The fraction of sp³-hybridized carbons (Fsp3) is 0.188. The van der Waals surface area contributed by atoms with Crippen LogP contribution in [0.15, 0.2) is 48.5 Å². The van der Waals surface area contributed by atoms with Gasteiger partial charge in [0.2, 0.25) is 0 Å². The van der Waals surface area contributed by atoms with Gasteiger partial charge >= 0.3 is 0 Å². The zero-order valence-corrected chi connectivity index (χ0v) is 11.3. The van der Waals surface area contributed by atoms with E-state index in [9.17, 15) is 14.9 Å². The molecule has 0 saturated heterocycles. The van der Waals surface area contributed by atoms with Crippen molar-refractivity contribution in [1.82, 2.24) is 5.32 Å². The van der Waals surface area contributed by atoms with Crippen LogP contribution in [0.2, 0.25) is 0 Å². The van der Waals surface area contributed by atoms with E-state index in [0.29, 0.717) is 5.56 Å². The second kappa shape index (κ2) is 5.36. The molecule has 1 N–H and O–H groups in total. The third-order valence-electron chi connectivity index (χ3n) is 3.76. The highest BCUT2D eigenvalue weighted by atomic mass is 16.6. The summed E-state index contributed by atoms with van der Waals surface area (Å²) in [7, 11) is 0. The van der Waals surface area contributed by atoms with Crippen LogP contribution in [0.5, 0.6) is 0 Å². The largest absolute Gasteiger partial charge is 0.345 e. The third-order valence-corrected chi connectivity index (χ3v) is 3.76. The molecule has 0 fully saturated rings. The number of carbonyl (C=O) groups is 1. The molecular weight excluding hydrogens is 268 g/mol. The molecule has 106 valence electrons. The zero-order valence-electron chi connectivity index (χ0n) is 11.3. The summed E-state index contributed by atoms with van der Waals surface area (Å²) in [5.74, 6) is -0.277. The Morgan fingerprint density at radius 1 is 1.19 bits per heavy atom. The van der Waals surface area contributed by atoms with Crippen LogP contribution in [0.4, 0.5) is 5.69 Å². The molecule has 3 rings (SSSR count). The standard InChI is InChI=1S/C16H14N2O3/c19-16(12-5-3-6-13(10-12)18(20)21)17-15-9-8-11-4-1-2-7-14(11)15/h1-7,10,15H,8-9H2,(H,17,19)/t15-/m0/s1. The number of benzene rings is 2. The van der Waals surface area contributed by atoms with Crippen molar-refractivity contribution >= 4 is 11.6 Å². The Hall–Kier alpha value is -2.69. The van der Waals surface area contributed by atoms with Gasteiger partial charge in [0.15, 0.2) is 0 Å². The molecule has 1 aliphatic rings. The molecule has 5 nitrogen and oxygen atoms in total. The maximum Gasteiger partial charge on any atom is 0.270 e. The first-order valence-electron chi connectivity index (χ1n) is 6.78. The number of nitrogens with zero attached hydrogens (tertiary/aromatic N) is 1. The van der Waals surface area contributed by atoms with Gasteiger partial charge in [0.05, 0.1) is 11.0 Å². The highest BCUT2D eigenvalue weighted by molar-refractivity contribution is 5.95. The number of hydrogen-bond acceptors (Lipinski definition) is 3. The SMILES string of the molecule is O=C(N[C@H]1CCc2ccccc21)c1cccc([N+](=O)[O-])c1. The first-order valence-corrected chi connectivity index (χ1v) is 6.78. The van der Waals surface area contributed by atoms with Gasteiger partial charge in [0.25, 0.3) is 11.6 Å². The van der Waals surface area contributed by atoms with E-state index in [2.05, 4.69) is 11.4 Å². The molecular formula is C16H14N2O3. The molecule has 0 spiro atoms. The molecule has 0 aromatic heterocycles. The monoisotopic (exact) mass is 282 g/mol. The Morgan fingerprint density at radius 3 is 2.81 bits per heavy atom. The molecule has 2 aromatic carbocycles.